The van der Waals surface area contributed by atoms with Crippen LogP contribution in [0.1, 0.15) is 17.5 Å². The molecule has 2 nitrogen and oxygen atoms in total. The van der Waals surface area contributed by atoms with E-state index in [1.165, 1.54) is 6.07 Å². The fourth-order valence-corrected chi connectivity index (χ4v) is 1.54. The standard InChI is InChI=1S/C9H9O2/c10-8-5-4-6-2-1-3-7(6)9(8)11/h5,10-11H,1-3H2. The molecule has 0 amide bonds. The molecule has 0 spiro atoms. The zero-order valence-corrected chi connectivity index (χ0v) is 6.09. The van der Waals surface area contributed by atoms with Crippen LogP contribution in [-0.4, -0.2) is 10.2 Å². The Labute approximate surface area is 65.1 Å². The van der Waals surface area contributed by atoms with Gasteiger partial charge in [0.25, 0.3) is 0 Å². The highest BCUT2D eigenvalue weighted by molar-refractivity contribution is 5.50. The predicted molar refractivity (Wildman–Crippen MR) is 40.6 cm³/mol. The Bertz CT molecular complexity index is 292. The van der Waals surface area contributed by atoms with Gasteiger partial charge in [0.2, 0.25) is 0 Å². The fraction of sp³-hybridized carbons (Fsp3) is 0.333. The number of benzene rings is 1. The van der Waals surface area contributed by atoms with Gasteiger partial charge in [0.15, 0.2) is 11.5 Å². The number of hydrogen-bond acceptors (Lipinski definition) is 2. The summed E-state index contributed by atoms with van der Waals surface area (Å²) in [5, 5.41) is 18.5. The molecule has 2 rings (SSSR count). The van der Waals surface area contributed by atoms with Gasteiger partial charge in [-0.2, -0.15) is 0 Å². The number of aromatic hydroxyl groups is 2. The van der Waals surface area contributed by atoms with E-state index < -0.39 is 0 Å². The van der Waals surface area contributed by atoms with Crippen LogP contribution in [0.25, 0.3) is 0 Å². The average molecular weight is 149 g/mol. The third kappa shape index (κ3) is 0.862. The smallest absolute Gasteiger partial charge is 0.160 e. The van der Waals surface area contributed by atoms with E-state index in [4.69, 9.17) is 5.11 Å². The minimum atomic E-state index is -0.0503. The van der Waals surface area contributed by atoms with Gasteiger partial charge in [-0.3, -0.25) is 0 Å². The highest BCUT2D eigenvalue weighted by Gasteiger charge is 2.16. The van der Waals surface area contributed by atoms with Crippen molar-refractivity contribution in [1.82, 2.24) is 0 Å². The Morgan fingerprint density at radius 1 is 1.27 bits per heavy atom. The summed E-state index contributed by atoms with van der Waals surface area (Å²) in [5.41, 5.74) is 1.94. The predicted octanol–water partition coefficient (Wildman–Crippen LogP) is 1.39. The summed E-state index contributed by atoms with van der Waals surface area (Å²) >= 11 is 0. The summed E-state index contributed by atoms with van der Waals surface area (Å²) in [7, 11) is 0. The lowest BCUT2D eigenvalue weighted by atomic mass is 10.1. The number of fused-ring (bicyclic) bond motifs is 1. The monoisotopic (exact) mass is 149 g/mol. The summed E-state index contributed by atoms with van der Waals surface area (Å²) in [6.45, 7) is 0. The molecular weight excluding hydrogens is 140 g/mol. The van der Waals surface area contributed by atoms with Crippen LogP contribution in [0.4, 0.5) is 0 Å². The highest BCUT2D eigenvalue weighted by atomic mass is 16.3. The molecule has 1 aliphatic carbocycles. The fourth-order valence-electron chi connectivity index (χ4n) is 1.54. The second-order valence-corrected chi connectivity index (χ2v) is 2.83. The zero-order valence-electron chi connectivity index (χ0n) is 6.09. The van der Waals surface area contributed by atoms with Crippen molar-refractivity contribution in [3.05, 3.63) is 23.3 Å². The van der Waals surface area contributed by atoms with Crippen molar-refractivity contribution in [2.75, 3.05) is 0 Å². The zero-order chi connectivity index (χ0) is 7.84. The molecular formula is C9H9O2. The van der Waals surface area contributed by atoms with E-state index in [2.05, 4.69) is 6.07 Å². The van der Waals surface area contributed by atoms with Gasteiger partial charge in [0.05, 0.1) is 0 Å². The Balaban J connectivity index is 2.62. The van der Waals surface area contributed by atoms with Crippen LogP contribution >= 0.6 is 0 Å². The summed E-state index contributed by atoms with van der Waals surface area (Å²) in [5.74, 6) is 0.00176. The number of rotatable bonds is 0. The Hall–Kier alpha value is -1.18. The lowest BCUT2D eigenvalue weighted by Crippen LogP contribution is -1.82. The minimum Gasteiger partial charge on any atom is -0.504 e. The van der Waals surface area contributed by atoms with Crippen LogP contribution < -0.4 is 0 Å². The van der Waals surface area contributed by atoms with E-state index in [1.807, 2.05) is 0 Å². The van der Waals surface area contributed by atoms with E-state index in [-0.39, 0.29) is 11.5 Å². The topological polar surface area (TPSA) is 40.5 Å². The summed E-state index contributed by atoms with van der Waals surface area (Å²) in [6.07, 6.45) is 2.90. The molecule has 0 saturated carbocycles. The molecule has 57 valence electrons. The molecule has 0 atom stereocenters. The third-order valence-electron chi connectivity index (χ3n) is 2.13. The molecule has 1 aromatic carbocycles. The Kier molecular flexibility index (Phi) is 1.28. The van der Waals surface area contributed by atoms with Crippen molar-refractivity contribution < 1.29 is 10.2 Å². The molecule has 0 heterocycles. The van der Waals surface area contributed by atoms with Crippen LogP contribution in [0.3, 0.4) is 0 Å². The van der Waals surface area contributed by atoms with Crippen molar-refractivity contribution in [3.63, 3.8) is 0 Å². The summed E-state index contributed by atoms with van der Waals surface area (Å²) in [6, 6.07) is 4.38. The van der Waals surface area contributed by atoms with E-state index in [9.17, 15) is 5.11 Å². The molecule has 1 aromatic rings. The van der Waals surface area contributed by atoms with E-state index in [1.54, 1.807) is 0 Å². The summed E-state index contributed by atoms with van der Waals surface area (Å²) < 4.78 is 0. The van der Waals surface area contributed by atoms with Crippen LogP contribution in [0, 0.1) is 6.07 Å². The van der Waals surface area contributed by atoms with Crippen LogP contribution in [0.2, 0.25) is 0 Å². The molecule has 0 saturated heterocycles. The van der Waals surface area contributed by atoms with Gasteiger partial charge in [-0.05, 0) is 37.0 Å². The average Bonchev–Trinajstić information content (AvgIpc) is 2.45. The van der Waals surface area contributed by atoms with E-state index in [0.29, 0.717) is 0 Å². The maximum Gasteiger partial charge on any atom is 0.160 e. The largest absolute Gasteiger partial charge is 0.504 e. The van der Waals surface area contributed by atoms with Gasteiger partial charge < -0.3 is 10.2 Å². The van der Waals surface area contributed by atoms with Gasteiger partial charge in [-0.1, -0.05) is 0 Å². The molecule has 0 unspecified atom stereocenters. The molecule has 2 heteroatoms. The molecule has 2 N–H and O–H groups in total. The van der Waals surface area contributed by atoms with Gasteiger partial charge in [0, 0.05) is 5.56 Å². The molecule has 0 fully saturated rings. The van der Waals surface area contributed by atoms with Crippen LogP contribution in [-0.2, 0) is 12.8 Å². The van der Waals surface area contributed by atoms with Crippen molar-refractivity contribution in [1.29, 1.82) is 0 Å². The molecule has 11 heavy (non-hydrogen) atoms. The second-order valence-electron chi connectivity index (χ2n) is 2.83. The van der Waals surface area contributed by atoms with Crippen molar-refractivity contribution in [2.45, 2.75) is 19.3 Å². The highest BCUT2D eigenvalue weighted by Crippen LogP contribution is 2.35. The quantitative estimate of drug-likeness (QED) is 0.547. The third-order valence-corrected chi connectivity index (χ3v) is 2.13. The number of phenols is 2. The normalized spacial score (nSPS) is 14.9. The second kappa shape index (κ2) is 2.16. The SMILES string of the molecule is Oc1c[c]c2c(c1O)CCC2. The number of aryl methyl sites for hydroxylation is 1. The summed E-state index contributed by atoms with van der Waals surface area (Å²) in [4.78, 5) is 0. The van der Waals surface area contributed by atoms with Gasteiger partial charge in [-0.25, -0.2) is 0 Å². The first-order valence-electron chi connectivity index (χ1n) is 3.73. The molecule has 0 bridgehead atoms. The van der Waals surface area contributed by atoms with E-state index in [0.717, 1.165) is 30.4 Å². The van der Waals surface area contributed by atoms with Gasteiger partial charge >= 0.3 is 0 Å². The molecule has 0 aromatic heterocycles. The number of phenolic OH excluding ortho intramolecular Hbond substituents is 2. The molecule has 1 radical (unpaired) electrons. The lowest BCUT2D eigenvalue weighted by molar-refractivity contribution is 0.400. The van der Waals surface area contributed by atoms with Crippen molar-refractivity contribution >= 4 is 0 Å². The Morgan fingerprint density at radius 3 is 2.91 bits per heavy atom. The molecule has 1 aliphatic rings. The first-order valence-corrected chi connectivity index (χ1v) is 3.73. The molecule has 0 aliphatic heterocycles. The first-order chi connectivity index (χ1) is 5.29. The maximum absolute atomic E-state index is 9.35. The maximum atomic E-state index is 9.35. The van der Waals surface area contributed by atoms with Gasteiger partial charge in [0.1, 0.15) is 0 Å². The van der Waals surface area contributed by atoms with Crippen LogP contribution in [0.5, 0.6) is 11.5 Å². The minimum absolute atomic E-state index is 0.0503. The van der Waals surface area contributed by atoms with Crippen LogP contribution in [0.15, 0.2) is 6.07 Å². The lowest BCUT2D eigenvalue weighted by Gasteiger charge is -2.02. The first kappa shape index (κ1) is 6.53. The van der Waals surface area contributed by atoms with Crippen molar-refractivity contribution in [3.8, 4) is 11.5 Å². The number of hydrogen-bond donors (Lipinski definition) is 2. The van der Waals surface area contributed by atoms with Crippen molar-refractivity contribution in [2.24, 2.45) is 0 Å². The van der Waals surface area contributed by atoms with Gasteiger partial charge in [-0.15, -0.1) is 0 Å². The van der Waals surface area contributed by atoms with E-state index >= 15 is 0 Å². The Morgan fingerprint density at radius 2 is 2.09 bits per heavy atom.